The molecule has 1 aliphatic rings. The van der Waals surface area contributed by atoms with Crippen molar-refractivity contribution in [1.29, 1.82) is 0 Å². The highest BCUT2D eigenvalue weighted by Crippen LogP contribution is 2.27. The zero-order valence-corrected chi connectivity index (χ0v) is 12.8. The Morgan fingerprint density at radius 2 is 1.86 bits per heavy atom. The second-order valence-electron chi connectivity index (χ2n) is 5.77. The summed E-state index contributed by atoms with van der Waals surface area (Å²) < 4.78 is 17.7. The fraction of sp³-hybridized carbons (Fsp3) is 0.529. The molecular formula is C17H22FNO3. The van der Waals surface area contributed by atoms with E-state index in [0.717, 1.165) is 25.7 Å². The first kappa shape index (κ1) is 16.5. The normalized spacial score (nSPS) is 16.8. The third-order valence-corrected chi connectivity index (χ3v) is 4.17. The van der Waals surface area contributed by atoms with Crippen LogP contribution >= 0.6 is 0 Å². The largest absolute Gasteiger partial charge is 0.467 e. The average molecular weight is 307 g/mol. The lowest BCUT2D eigenvalue weighted by molar-refractivity contribution is -0.147. The Balaban J connectivity index is 1.97. The van der Waals surface area contributed by atoms with Crippen molar-refractivity contribution < 1.29 is 18.7 Å². The number of esters is 1. The van der Waals surface area contributed by atoms with E-state index in [9.17, 15) is 14.0 Å². The van der Waals surface area contributed by atoms with Gasteiger partial charge in [-0.2, -0.15) is 0 Å². The molecule has 2 rings (SSSR count). The van der Waals surface area contributed by atoms with Crippen molar-refractivity contribution in [3.8, 4) is 0 Å². The highest BCUT2D eigenvalue weighted by atomic mass is 19.1. The topological polar surface area (TPSA) is 55.4 Å². The molecule has 1 amide bonds. The van der Waals surface area contributed by atoms with Crippen LogP contribution in [-0.2, 0) is 20.7 Å². The smallest absolute Gasteiger partial charge is 0.328 e. The molecule has 4 nitrogen and oxygen atoms in total. The molecule has 0 heterocycles. The van der Waals surface area contributed by atoms with Crippen molar-refractivity contribution in [2.24, 2.45) is 5.92 Å². The maximum Gasteiger partial charge on any atom is 0.328 e. The fourth-order valence-corrected chi connectivity index (χ4v) is 2.98. The first-order valence-electron chi connectivity index (χ1n) is 7.72. The van der Waals surface area contributed by atoms with Gasteiger partial charge >= 0.3 is 5.97 Å². The van der Waals surface area contributed by atoms with Crippen molar-refractivity contribution in [3.63, 3.8) is 0 Å². The number of ether oxygens (including phenoxy) is 1. The highest BCUT2D eigenvalue weighted by Gasteiger charge is 2.31. The molecule has 1 aromatic rings. The molecule has 0 unspecified atom stereocenters. The third kappa shape index (κ3) is 4.55. The van der Waals surface area contributed by atoms with E-state index in [2.05, 4.69) is 5.32 Å². The molecule has 0 radical (unpaired) electrons. The number of amides is 1. The standard InChI is InChI=1S/C17H22FNO3/c1-22-17(21)16(13-5-3-2-4-6-13)19-15(20)11-12-7-9-14(18)10-8-12/h7-10,13,16H,2-6,11H2,1H3,(H,19,20)/t16-/m1/s1. The summed E-state index contributed by atoms with van der Waals surface area (Å²) in [4.78, 5) is 24.1. The van der Waals surface area contributed by atoms with Crippen LogP contribution in [0.5, 0.6) is 0 Å². The Morgan fingerprint density at radius 3 is 2.45 bits per heavy atom. The van der Waals surface area contributed by atoms with Gasteiger partial charge in [-0.15, -0.1) is 0 Å². The molecule has 1 aromatic carbocycles. The molecular weight excluding hydrogens is 285 g/mol. The number of nitrogens with one attached hydrogen (secondary N) is 1. The summed E-state index contributed by atoms with van der Waals surface area (Å²) in [5, 5.41) is 2.79. The van der Waals surface area contributed by atoms with Crippen LogP contribution < -0.4 is 5.32 Å². The lowest BCUT2D eigenvalue weighted by Gasteiger charge is -2.29. The van der Waals surface area contributed by atoms with Gasteiger partial charge in [-0.25, -0.2) is 9.18 Å². The number of rotatable bonds is 5. The summed E-state index contributed by atoms with van der Waals surface area (Å²) in [5.74, 6) is -0.830. The van der Waals surface area contributed by atoms with Crippen LogP contribution in [-0.4, -0.2) is 25.0 Å². The zero-order valence-electron chi connectivity index (χ0n) is 12.8. The van der Waals surface area contributed by atoms with Crippen molar-refractivity contribution in [2.75, 3.05) is 7.11 Å². The van der Waals surface area contributed by atoms with Crippen LogP contribution in [0.4, 0.5) is 4.39 Å². The maximum absolute atomic E-state index is 12.9. The lowest BCUT2D eigenvalue weighted by Crippen LogP contribution is -2.47. The summed E-state index contributed by atoms with van der Waals surface area (Å²) in [6.45, 7) is 0. The van der Waals surface area contributed by atoms with E-state index in [1.54, 1.807) is 12.1 Å². The summed E-state index contributed by atoms with van der Waals surface area (Å²) in [6.07, 6.45) is 5.31. The molecule has 0 aromatic heterocycles. The van der Waals surface area contributed by atoms with Gasteiger partial charge in [0.1, 0.15) is 11.9 Å². The monoisotopic (exact) mass is 307 g/mol. The minimum absolute atomic E-state index is 0.125. The van der Waals surface area contributed by atoms with Crippen molar-refractivity contribution >= 4 is 11.9 Å². The Morgan fingerprint density at radius 1 is 1.23 bits per heavy atom. The second-order valence-corrected chi connectivity index (χ2v) is 5.77. The summed E-state index contributed by atoms with van der Waals surface area (Å²) in [7, 11) is 1.34. The molecule has 1 N–H and O–H groups in total. The second kappa shape index (κ2) is 7.92. The molecule has 1 atom stereocenters. The van der Waals surface area contributed by atoms with E-state index < -0.39 is 6.04 Å². The van der Waals surface area contributed by atoms with Gasteiger partial charge in [0.25, 0.3) is 0 Å². The average Bonchev–Trinajstić information content (AvgIpc) is 2.55. The number of carbonyl (C=O) groups is 2. The van der Waals surface area contributed by atoms with E-state index in [1.807, 2.05) is 0 Å². The Hall–Kier alpha value is -1.91. The Bertz CT molecular complexity index is 509. The van der Waals surface area contributed by atoms with Crippen LogP contribution in [0.1, 0.15) is 37.7 Å². The molecule has 22 heavy (non-hydrogen) atoms. The number of halogens is 1. The summed E-state index contributed by atoms with van der Waals surface area (Å²) in [5.41, 5.74) is 0.714. The third-order valence-electron chi connectivity index (χ3n) is 4.17. The number of methoxy groups -OCH3 is 1. The molecule has 1 fully saturated rings. The minimum Gasteiger partial charge on any atom is -0.467 e. The summed E-state index contributed by atoms with van der Waals surface area (Å²) in [6, 6.07) is 5.20. The zero-order chi connectivity index (χ0) is 15.9. The first-order chi connectivity index (χ1) is 10.6. The van der Waals surface area contributed by atoms with E-state index >= 15 is 0 Å². The van der Waals surface area contributed by atoms with Gasteiger partial charge in [-0.3, -0.25) is 4.79 Å². The van der Waals surface area contributed by atoms with Crippen molar-refractivity contribution in [2.45, 2.75) is 44.6 Å². The van der Waals surface area contributed by atoms with E-state index in [1.165, 1.54) is 25.7 Å². The molecule has 0 aliphatic heterocycles. The number of benzene rings is 1. The molecule has 0 spiro atoms. The van der Waals surface area contributed by atoms with Crippen LogP contribution in [0.15, 0.2) is 24.3 Å². The molecule has 5 heteroatoms. The van der Waals surface area contributed by atoms with E-state index in [-0.39, 0.29) is 30.0 Å². The van der Waals surface area contributed by atoms with E-state index in [0.29, 0.717) is 5.56 Å². The molecule has 1 saturated carbocycles. The van der Waals surface area contributed by atoms with Gasteiger partial charge in [0.2, 0.25) is 5.91 Å². The van der Waals surface area contributed by atoms with Crippen molar-refractivity contribution in [1.82, 2.24) is 5.32 Å². The fourth-order valence-electron chi connectivity index (χ4n) is 2.98. The predicted octanol–water partition coefficient (Wildman–Crippen LogP) is 2.61. The van der Waals surface area contributed by atoms with Gasteiger partial charge in [-0.1, -0.05) is 31.4 Å². The molecule has 120 valence electrons. The van der Waals surface area contributed by atoms with Crippen LogP contribution in [0.2, 0.25) is 0 Å². The van der Waals surface area contributed by atoms with Crippen LogP contribution in [0.3, 0.4) is 0 Å². The van der Waals surface area contributed by atoms with Crippen LogP contribution in [0, 0.1) is 11.7 Å². The predicted molar refractivity (Wildman–Crippen MR) is 80.6 cm³/mol. The maximum atomic E-state index is 12.9. The quantitative estimate of drug-likeness (QED) is 0.851. The number of hydrogen-bond acceptors (Lipinski definition) is 3. The minimum atomic E-state index is -0.585. The number of carbonyl (C=O) groups excluding carboxylic acids is 2. The Labute approximate surface area is 130 Å². The van der Waals surface area contributed by atoms with Gasteiger partial charge in [0.15, 0.2) is 0 Å². The highest BCUT2D eigenvalue weighted by molar-refractivity contribution is 5.85. The van der Waals surface area contributed by atoms with Crippen molar-refractivity contribution in [3.05, 3.63) is 35.6 Å². The molecule has 1 aliphatic carbocycles. The van der Waals surface area contributed by atoms with Gasteiger partial charge in [0, 0.05) is 0 Å². The summed E-state index contributed by atoms with van der Waals surface area (Å²) >= 11 is 0. The molecule has 0 saturated heterocycles. The van der Waals surface area contributed by atoms with Crippen LogP contribution in [0.25, 0.3) is 0 Å². The SMILES string of the molecule is COC(=O)[C@H](NC(=O)Cc1ccc(F)cc1)C1CCCCC1. The van der Waals surface area contributed by atoms with Gasteiger partial charge < -0.3 is 10.1 Å². The van der Waals surface area contributed by atoms with E-state index in [4.69, 9.17) is 4.74 Å². The Kier molecular flexibility index (Phi) is 5.92. The lowest BCUT2D eigenvalue weighted by atomic mass is 9.83. The molecule has 0 bridgehead atoms. The van der Waals surface area contributed by atoms with Gasteiger partial charge in [0.05, 0.1) is 13.5 Å². The van der Waals surface area contributed by atoms with Gasteiger partial charge in [-0.05, 0) is 36.5 Å². The first-order valence-corrected chi connectivity index (χ1v) is 7.72. The number of hydrogen-bond donors (Lipinski definition) is 1.